The van der Waals surface area contributed by atoms with Crippen LogP contribution in [0.3, 0.4) is 0 Å². The van der Waals surface area contributed by atoms with Crippen molar-refractivity contribution in [1.29, 1.82) is 0 Å². The molecule has 0 unspecified atom stereocenters. The van der Waals surface area contributed by atoms with E-state index in [9.17, 15) is 8.42 Å². The van der Waals surface area contributed by atoms with Crippen molar-refractivity contribution in [1.82, 2.24) is 0 Å². The van der Waals surface area contributed by atoms with Gasteiger partial charge in [-0.2, -0.15) is 0 Å². The fourth-order valence-corrected chi connectivity index (χ4v) is 2.88. The fraction of sp³-hybridized carbons (Fsp3) is 0.143. The topological polar surface area (TPSA) is 72.2 Å². The molecule has 6 heteroatoms. The maximum absolute atomic E-state index is 11.4. The van der Waals surface area contributed by atoms with E-state index >= 15 is 0 Å². The molecule has 106 valence electrons. The second kappa shape index (κ2) is 5.85. The third-order valence-corrected chi connectivity index (χ3v) is 4.43. The van der Waals surface area contributed by atoms with Crippen LogP contribution in [0.25, 0.3) is 0 Å². The van der Waals surface area contributed by atoms with E-state index in [0.29, 0.717) is 12.2 Å². The SMILES string of the molecule is CS(=O)(=O)c1ccc(NCc2cccc(Br)c2)c(N)c1. The molecule has 0 aromatic heterocycles. The van der Waals surface area contributed by atoms with Crippen LogP contribution in [0.15, 0.2) is 51.8 Å². The van der Waals surface area contributed by atoms with Crippen LogP contribution in [0.1, 0.15) is 5.56 Å². The first-order chi connectivity index (χ1) is 9.36. The van der Waals surface area contributed by atoms with E-state index in [1.54, 1.807) is 12.1 Å². The lowest BCUT2D eigenvalue weighted by Gasteiger charge is -2.11. The third-order valence-electron chi connectivity index (χ3n) is 2.82. The van der Waals surface area contributed by atoms with Gasteiger partial charge in [-0.1, -0.05) is 28.1 Å². The maximum Gasteiger partial charge on any atom is 0.175 e. The largest absolute Gasteiger partial charge is 0.397 e. The summed E-state index contributed by atoms with van der Waals surface area (Å²) in [5.74, 6) is 0. The molecule has 20 heavy (non-hydrogen) atoms. The Balaban J connectivity index is 2.15. The van der Waals surface area contributed by atoms with Crippen LogP contribution in [-0.2, 0) is 16.4 Å². The quantitative estimate of drug-likeness (QED) is 0.827. The van der Waals surface area contributed by atoms with Gasteiger partial charge in [-0.15, -0.1) is 0 Å². The van der Waals surface area contributed by atoms with Gasteiger partial charge in [-0.3, -0.25) is 0 Å². The number of benzene rings is 2. The summed E-state index contributed by atoms with van der Waals surface area (Å²) in [6.45, 7) is 0.613. The zero-order chi connectivity index (χ0) is 14.8. The zero-order valence-electron chi connectivity index (χ0n) is 10.9. The van der Waals surface area contributed by atoms with E-state index in [1.807, 2.05) is 24.3 Å². The lowest BCUT2D eigenvalue weighted by molar-refractivity contribution is 0.602. The highest BCUT2D eigenvalue weighted by atomic mass is 79.9. The molecule has 2 aromatic carbocycles. The molecule has 0 heterocycles. The molecular weight excluding hydrogens is 340 g/mol. The normalized spacial score (nSPS) is 11.3. The van der Waals surface area contributed by atoms with Gasteiger partial charge in [0, 0.05) is 17.3 Å². The second-order valence-corrected chi connectivity index (χ2v) is 7.44. The number of nitrogens with two attached hydrogens (primary N) is 1. The molecule has 4 nitrogen and oxygen atoms in total. The first-order valence-electron chi connectivity index (χ1n) is 5.94. The minimum absolute atomic E-state index is 0.225. The van der Waals surface area contributed by atoms with Gasteiger partial charge in [0.25, 0.3) is 0 Å². The van der Waals surface area contributed by atoms with Gasteiger partial charge in [-0.25, -0.2) is 8.42 Å². The average Bonchev–Trinajstić information content (AvgIpc) is 2.36. The van der Waals surface area contributed by atoms with Gasteiger partial charge in [0.1, 0.15) is 0 Å². The van der Waals surface area contributed by atoms with Gasteiger partial charge in [0.15, 0.2) is 9.84 Å². The van der Waals surface area contributed by atoms with Crippen LogP contribution < -0.4 is 11.1 Å². The smallest absolute Gasteiger partial charge is 0.175 e. The Hall–Kier alpha value is -1.53. The Kier molecular flexibility index (Phi) is 4.35. The summed E-state index contributed by atoms with van der Waals surface area (Å²) in [6.07, 6.45) is 1.16. The second-order valence-electron chi connectivity index (χ2n) is 4.50. The number of nitrogen functional groups attached to an aromatic ring is 1. The van der Waals surface area contributed by atoms with Gasteiger partial charge < -0.3 is 11.1 Å². The van der Waals surface area contributed by atoms with Gasteiger partial charge in [0.2, 0.25) is 0 Å². The van der Waals surface area contributed by atoms with Crippen molar-refractivity contribution in [2.45, 2.75) is 11.4 Å². The van der Waals surface area contributed by atoms with E-state index in [-0.39, 0.29) is 4.90 Å². The lowest BCUT2D eigenvalue weighted by atomic mass is 10.2. The van der Waals surface area contributed by atoms with Gasteiger partial charge in [-0.05, 0) is 35.9 Å². The van der Waals surface area contributed by atoms with Crippen molar-refractivity contribution < 1.29 is 8.42 Å². The monoisotopic (exact) mass is 354 g/mol. The number of halogens is 1. The van der Waals surface area contributed by atoms with E-state index in [1.165, 1.54) is 6.07 Å². The molecule has 0 aliphatic heterocycles. The van der Waals surface area contributed by atoms with Crippen molar-refractivity contribution in [3.05, 3.63) is 52.5 Å². The molecule has 0 aliphatic carbocycles. The van der Waals surface area contributed by atoms with Crippen molar-refractivity contribution in [3.63, 3.8) is 0 Å². The van der Waals surface area contributed by atoms with E-state index in [0.717, 1.165) is 22.0 Å². The predicted molar refractivity (Wildman–Crippen MR) is 85.4 cm³/mol. The van der Waals surface area contributed by atoms with Crippen molar-refractivity contribution in [2.75, 3.05) is 17.3 Å². The van der Waals surface area contributed by atoms with Crippen LogP contribution in [0.5, 0.6) is 0 Å². The molecule has 0 fully saturated rings. The molecule has 0 bridgehead atoms. The molecule has 0 saturated carbocycles. The van der Waals surface area contributed by atoms with Crippen molar-refractivity contribution >= 4 is 37.1 Å². The summed E-state index contributed by atoms with van der Waals surface area (Å²) in [4.78, 5) is 0.225. The molecule has 0 spiro atoms. The summed E-state index contributed by atoms with van der Waals surface area (Å²) >= 11 is 3.42. The summed E-state index contributed by atoms with van der Waals surface area (Å²) in [5, 5.41) is 3.19. The molecule has 2 rings (SSSR count). The summed E-state index contributed by atoms with van der Waals surface area (Å²) in [5.41, 5.74) is 8.12. The van der Waals surface area contributed by atoms with Crippen LogP contribution in [0.4, 0.5) is 11.4 Å². The van der Waals surface area contributed by atoms with Crippen LogP contribution in [-0.4, -0.2) is 14.7 Å². The fourth-order valence-electron chi connectivity index (χ4n) is 1.78. The number of anilines is 2. The Bertz CT molecular complexity index is 730. The Labute approximate surface area is 127 Å². The highest BCUT2D eigenvalue weighted by Gasteiger charge is 2.09. The molecule has 0 atom stereocenters. The summed E-state index contributed by atoms with van der Waals surface area (Å²) in [7, 11) is -3.23. The zero-order valence-corrected chi connectivity index (χ0v) is 13.3. The standard InChI is InChI=1S/C14H15BrN2O2S/c1-20(18,19)12-5-6-14(13(16)8-12)17-9-10-3-2-4-11(15)7-10/h2-8,17H,9,16H2,1H3. The van der Waals surface area contributed by atoms with Crippen LogP contribution in [0.2, 0.25) is 0 Å². The molecule has 0 radical (unpaired) electrons. The van der Waals surface area contributed by atoms with E-state index in [2.05, 4.69) is 21.2 Å². The van der Waals surface area contributed by atoms with Crippen LogP contribution >= 0.6 is 15.9 Å². The highest BCUT2D eigenvalue weighted by molar-refractivity contribution is 9.10. The van der Waals surface area contributed by atoms with Crippen molar-refractivity contribution in [3.8, 4) is 0 Å². The Morgan fingerprint density at radius 1 is 1.20 bits per heavy atom. The summed E-state index contributed by atoms with van der Waals surface area (Å²) < 4.78 is 23.9. The number of sulfone groups is 1. The van der Waals surface area contributed by atoms with Crippen molar-refractivity contribution in [2.24, 2.45) is 0 Å². The number of nitrogens with one attached hydrogen (secondary N) is 1. The number of rotatable bonds is 4. The first kappa shape index (κ1) is 14.9. The first-order valence-corrected chi connectivity index (χ1v) is 8.62. The Morgan fingerprint density at radius 2 is 1.95 bits per heavy atom. The molecular formula is C14H15BrN2O2S. The predicted octanol–water partition coefficient (Wildman–Crippen LogP) is 3.05. The van der Waals surface area contributed by atoms with Crippen LogP contribution in [0, 0.1) is 0 Å². The van der Waals surface area contributed by atoms with E-state index < -0.39 is 9.84 Å². The minimum Gasteiger partial charge on any atom is -0.397 e. The molecule has 0 aliphatic rings. The minimum atomic E-state index is -3.23. The Morgan fingerprint density at radius 3 is 2.55 bits per heavy atom. The molecule has 0 saturated heterocycles. The molecule has 2 aromatic rings. The van der Waals surface area contributed by atoms with E-state index in [4.69, 9.17) is 5.73 Å². The van der Waals surface area contributed by atoms with Gasteiger partial charge in [0.05, 0.1) is 16.3 Å². The molecule has 0 amide bonds. The molecule has 3 N–H and O–H groups in total. The van der Waals surface area contributed by atoms with Gasteiger partial charge >= 0.3 is 0 Å². The third kappa shape index (κ3) is 3.74. The highest BCUT2D eigenvalue weighted by Crippen LogP contribution is 2.23. The lowest BCUT2D eigenvalue weighted by Crippen LogP contribution is -2.04. The average molecular weight is 355 g/mol. The maximum atomic E-state index is 11.4. The number of hydrogen-bond donors (Lipinski definition) is 2. The summed E-state index contributed by atoms with van der Waals surface area (Å²) in [6, 6.07) is 12.6. The number of hydrogen-bond acceptors (Lipinski definition) is 4.